The van der Waals surface area contributed by atoms with Crippen LogP contribution in [0.15, 0.2) is 42.5 Å². The number of alkyl halides is 6. The number of anilines is 2. The van der Waals surface area contributed by atoms with Gasteiger partial charge in [0.2, 0.25) is 5.91 Å². The SMILES string of the molecule is CC1(C)C(=O)N(c2ccc(C#N)c(C(F)(F)F)c2)C(=S)N1C1CCC(CCCN2CCN(CC(=O)Nc3ccc(C4CCC(O)NC4)cc3)[C@@H](C(F)(F)F)C2)CC1. The zero-order valence-corrected chi connectivity index (χ0v) is 32.8. The zero-order valence-electron chi connectivity index (χ0n) is 32.0. The standard InChI is InChI=1S/C40H49F6N7O3S/c1-38(2)36(56)52(31-15-9-27(21-47)32(20-31)39(41,42)43)37(57)53(38)30-13-5-25(6-14-30)4-3-17-50-18-19-51(33(23-50)40(44,45)46)24-35(55)49-29-11-7-26(8-12-29)28-10-16-34(54)48-22-28/h7-9,11-12,15,20,25,28,30,33-34,48,54H,3-6,10,13-14,16-19,22-24H2,1-2H3,(H,49,55)/t25?,28?,30?,33-,34?/m1/s1. The maximum absolute atomic E-state index is 14.3. The van der Waals surface area contributed by atoms with Gasteiger partial charge in [-0.3, -0.25) is 24.7 Å². The Morgan fingerprint density at radius 3 is 2.33 bits per heavy atom. The number of nitriles is 1. The summed E-state index contributed by atoms with van der Waals surface area (Å²) in [5, 5.41) is 24.8. The van der Waals surface area contributed by atoms with E-state index in [-0.39, 0.29) is 42.4 Å². The average molecular weight is 822 g/mol. The number of benzene rings is 2. The van der Waals surface area contributed by atoms with Crippen molar-refractivity contribution in [1.29, 1.82) is 5.26 Å². The summed E-state index contributed by atoms with van der Waals surface area (Å²) in [4.78, 5) is 32.4. The van der Waals surface area contributed by atoms with E-state index in [1.807, 2.05) is 21.9 Å². The van der Waals surface area contributed by atoms with E-state index in [1.54, 1.807) is 32.0 Å². The number of nitrogens with one attached hydrogen (secondary N) is 2. The molecule has 1 aliphatic carbocycles. The molecule has 2 amide bonds. The summed E-state index contributed by atoms with van der Waals surface area (Å²) in [6.07, 6.45) is -3.81. The molecular weight excluding hydrogens is 773 g/mol. The lowest BCUT2D eigenvalue weighted by atomic mass is 9.82. The summed E-state index contributed by atoms with van der Waals surface area (Å²) >= 11 is 5.71. The monoisotopic (exact) mass is 821 g/mol. The van der Waals surface area contributed by atoms with Crippen LogP contribution in [-0.2, 0) is 15.8 Å². The molecule has 10 nitrogen and oxygen atoms in total. The van der Waals surface area contributed by atoms with E-state index in [0.717, 1.165) is 48.3 Å². The number of rotatable bonds is 10. The van der Waals surface area contributed by atoms with Crippen LogP contribution in [0.5, 0.6) is 0 Å². The van der Waals surface area contributed by atoms with Gasteiger partial charge in [-0.05, 0) is 132 Å². The smallest absolute Gasteiger partial charge is 0.379 e. The van der Waals surface area contributed by atoms with Crippen LogP contribution in [0.25, 0.3) is 0 Å². The molecular formula is C40H49F6N7O3S. The quantitative estimate of drug-likeness (QED) is 0.180. The van der Waals surface area contributed by atoms with Crippen LogP contribution in [0.4, 0.5) is 37.7 Å². The minimum atomic E-state index is -4.79. The molecule has 3 heterocycles. The molecule has 0 bridgehead atoms. The van der Waals surface area contributed by atoms with E-state index >= 15 is 0 Å². The van der Waals surface area contributed by atoms with Crippen LogP contribution in [0.2, 0.25) is 0 Å². The van der Waals surface area contributed by atoms with Crippen molar-refractivity contribution in [2.24, 2.45) is 5.92 Å². The van der Waals surface area contributed by atoms with Crippen molar-refractivity contribution in [2.75, 3.05) is 49.5 Å². The lowest BCUT2D eigenvalue weighted by Crippen LogP contribution is -2.60. The molecule has 4 aliphatic rings. The number of hydrogen-bond donors (Lipinski definition) is 3. The van der Waals surface area contributed by atoms with Gasteiger partial charge in [-0.15, -0.1) is 0 Å². The van der Waals surface area contributed by atoms with E-state index in [1.165, 1.54) is 11.0 Å². The van der Waals surface area contributed by atoms with Gasteiger partial charge in [-0.1, -0.05) is 12.1 Å². The topological polar surface area (TPSA) is 115 Å². The Bertz CT molecular complexity index is 1820. The molecule has 17 heteroatoms. The van der Waals surface area contributed by atoms with Crippen molar-refractivity contribution in [3.8, 4) is 6.07 Å². The van der Waals surface area contributed by atoms with Crippen LogP contribution in [0, 0.1) is 17.2 Å². The third kappa shape index (κ3) is 9.73. The largest absolute Gasteiger partial charge is 0.417 e. The number of piperidine rings is 1. The molecule has 4 fully saturated rings. The zero-order chi connectivity index (χ0) is 41.3. The number of aliphatic hydroxyl groups excluding tert-OH is 1. The highest BCUT2D eigenvalue weighted by Gasteiger charge is 2.53. The highest BCUT2D eigenvalue weighted by atomic mass is 32.1. The highest BCUT2D eigenvalue weighted by Crippen LogP contribution is 2.42. The molecule has 0 radical (unpaired) electrons. The normalized spacial score (nSPS) is 26.4. The molecule has 0 spiro atoms. The van der Waals surface area contributed by atoms with Gasteiger partial charge in [-0.2, -0.15) is 31.6 Å². The fourth-order valence-corrected chi connectivity index (χ4v) is 9.44. The van der Waals surface area contributed by atoms with Crippen molar-refractivity contribution in [1.82, 2.24) is 20.0 Å². The Hall–Kier alpha value is -3.82. The highest BCUT2D eigenvalue weighted by molar-refractivity contribution is 7.80. The van der Waals surface area contributed by atoms with E-state index in [9.17, 15) is 46.3 Å². The summed E-state index contributed by atoms with van der Waals surface area (Å²) in [7, 11) is 0. The Morgan fingerprint density at radius 1 is 1.02 bits per heavy atom. The van der Waals surface area contributed by atoms with Gasteiger partial charge in [0.05, 0.1) is 29.4 Å². The Balaban J connectivity index is 0.966. The second-order valence-corrected chi connectivity index (χ2v) is 16.6. The second-order valence-electron chi connectivity index (χ2n) is 16.2. The molecule has 310 valence electrons. The predicted octanol–water partition coefficient (Wildman–Crippen LogP) is 6.60. The van der Waals surface area contributed by atoms with E-state index in [0.29, 0.717) is 56.9 Å². The number of carbonyl (C=O) groups excluding carboxylic acids is 2. The first-order valence-corrected chi connectivity index (χ1v) is 19.9. The first kappa shape index (κ1) is 42.8. The molecule has 1 saturated carbocycles. The minimum absolute atomic E-state index is 0.0466. The first-order chi connectivity index (χ1) is 26.9. The van der Waals surface area contributed by atoms with Crippen molar-refractivity contribution in [3.63, 3.8) is 0 Å². The third-order valence-electron chi connectivity index (χ3n) is 12.0. The van der Waals surface area contributed by atoms with Gasteiger partial charge in [0.1, 0.15) is 17.8 Å². The summed E-state index contributed by atoms with van der Waals surface area (Å²) in [6, 6.07) is 10.1. The van der Waals surface area contributed by atoms with Crippen LogP contribution in [-0.4, -0.2) is 106 Å². The molecule has 3 atom stereocenters. The Labute approximate surface area is 334 Å². The fraction of sp³-hybridized carbons (Fsp3) is 0.600. The van der Waals surface area contributed by atoms with Crippen molar-refractivity contribution < 1.29 is 41.0 Å². The van der Waals surface area contributed by atoms with Crippen LogP contribution >= 0.6 is 12.2 Å². The number of halogens is 6. The van der Waals surface area contributed by atoms with Crippen molar-refractivity contribution in [3.05, 3.63) is 59.2 Å². The van der Waals surface area contributed by atoms with Gasteiger partial charge in [0.15, 0.2) is 5.11 Å². The van der Waals surface area contributed by atoms with Gasteiger partial charge in [0, 0.05) is 37.9 Å². The number of piperazine rings is 1. The van der Waals surface area contributed by atoms with Crippen LogP contribution < -0.4 is 15.5 Å². The molecule has 2 unspecified atom stereocenters. The first-order valence-electron chi connectivity index (χ1n) is 19.5. The second kappa shape index (κ2) is 17.2. The van der Waals surface area contributed by atoms with E-state index in [4.69, 9.17) is 12.2 Å². The maximum Gasteiger partial charge on any atom is 0.417 e. The fourth-order valence-electron chi connectivity index (χ4n) is 8.88. The lowest BCUT2D eigenvalue weighted by molar-refractivity contribution is -0.197. The number of thiocarbonyl (C=S) groups is 1. The third-order valence-corrected chi connectivity index (χ3v) is 12.4. The number of aliphatic hydroxyl groups is 1. The average Bonchev–Trinajstić information content (AvgIpc) is 3.34. The number of nitrogens with zero attached hydrogens (tertiary/aromatic N) is 5. The maximum atomic E-state index is 14.3. The number of amides is 2. The molecule has 3 aliphatic heterocycles. The molecule has 3 N–H and O–H groups in total. The van der Waals surface area contributed by atoms with Crippen molar-refractivity contribution >= 4 is 40.5 Å². The number of carbonyl (C=O) groups is 2. The van der Waals surface area contributed by atoms with Gasteiger partial charge in [-0.25, -0.2) is 0 Å². The Kier molecular flexibility index (Phi) is 12.9. The number of hydrogen-bond acceptors (Lipinski definition) is 8. The Morgan fingerprint density at radius 2 is 1.72 bits per heavy atom. The molecule has 3 saturated heterocycles. The molecule has 0 aromatic heterocycles. The predicted molar refractivity (Wildman–Crippen MR) is 206 cm³/mol. The summed E-state index contributed by atoms with van der Waals surface area (Å²) in [6.45, 7) is 4.43. The molecule has 57 heavy (non-hydrogen) atoms. The lowest BCUT2D eigenvalue weighted by Gasteiger charge is -2.42. The molecule has 2 aromatic carbocycles. The van der Waals surface area contributed by atoms with Gasteiger partial charge < -0.3 is 20.2 Å². The summed E-state index contributed by atoms with van der Waals surface area (Å²) < 4.78 is 84.0. The van der Waals surface area contributed by atoms with Crippen LogP contribution in [0.1, 0.15) is 87.8 Å². The van der Waals surface area contributed by atoms with E-state index < -0.39 is 53.1 Å². The molecule has 2 aromatic rings. The summed E-state index contributed by atoms with van der Waals surface area (Å²) in [5.41, 5.74) is -1.26. The van der Waals surface area contributed by atoms with Gasteiger partial charge in [0.25, 0.3) is 5.91 Å². The minimum Gasteiger partial charge on any atom is -0.379 e. The van der Waals surface area contributed by atoms with Gasteiger partial charge >= 0.3 is 12.4 Å². The van der Waals surface area contributed by atoms with E-state index in [2.05, 4.69) is 10.6 Å². The van der Waals surface area contributed by atoms with Crippen LogP contribution in [0.3, 0.4) is 0 Å². The van der Waals surface area contributed by atoms with Crippen molar-refractivity contribution in [2.45, 2.75) is 107 Å². The molecule has 6 rings (SSSR count). The summed E-state index contributed by atoms with van der Waals surface area (Å²) in [5.74, 6) is -0.405.